The van der Waals surface area contributed by atoms with Gasteiger partial charge in [0.2, 0.25) is 5.91 Å². The minimum atomic E-state index is -0.979. The number of aliphatic carboxylic acids is 1. The van der Waals surface area contributed by atoms with Crippen molar-refractivity contribution in [1.82, 2.24) is 10.6 Å². The summed E-state index contributed by atoms with van der Waals surface area (Å²) in [6.07, 6.45) is 2.64. The van der Waals surface area contributed by atoms with Crippen LogP contribution in [0, 0.1) is 0 Å². The van der Waals surface area contributed by atoms with Gasteiger partial charge >= 0.3 is 5.97 Å². The van der Waals surface area contributed by atoms with Crippen molar-refractivity contribution in [3.8, 4) is 0 Å². The topological polar surface area (TPSA) is 78.4 Å². The number of carboxylic acids is 1. The van der Waals surface area contributed by atoms with E-state index in [0.717, 1.165) is 12.8 Å². The van der Waals surface area contributed by atoms with Crippen LogP contribution in [0.25, 0.3) is 0 Å². The predicted molar refractivity (Wildman–Crippen MR) is 50.9 cm³/mol. The van der Waals surface area contributed by atoms with Gasteiger partial charge in [-0.1, -0.05) is 6.92 Å². The molecule has 5 nitrogen and oxygen atoms in total. The molecule has 1 aliphatic carbocycles. The maximum absolute atomic E-state index is 11.2. The smallest absolute Gasteiger partial charge is 0.326 e. The van der Waals surface area contributed by atoms with Crippen molar-refractivity contribution in [2.75, 3.05) is 6.54 Å². The summed E-state index contributed by atoms with van der Waals surface area (Å²) in [6, 6.07) is -0.297. The van der Waals surface area contributed by atoms with Crippen LogP contribution in [0.1, 0.15) is 26.2 Å². The van der Waals surface area contributed by atoms with E-state index in [9.17, 15) is 9.59 Å². The van der Waals surface area contributed by atoms with Crippen molar-refractivity contribution in [2.24, 2.45) is 0 Å². The molecular formula is C9H16N2O3. The van der Waals surface area contributed by atoms with E-state index < -0.39 is 12.0 Å². The lowest BCUT2D eigenvalue weighted by Crippen LogP contribution is -2.44. The van der Waals surface area contributed by atoms with Gasteiger partial charge in [0.05, 0.1) is 6.54 Å². The SMILES string of the molecule is CC[C@H](NC(=O)CNC1CC1)C(=O)O. The molecule has 3 N–H and O–H groups in total. The number of nitrogens with one attached hydrogen (secondary N) is 2. The third-order valence-corrected chi connectivity index (χ3v) is 2.17. The highest BCUT2D eigenvalue weighted by Gasteiger charge is 2.22. The molecule has 1 saturated carbocycles. The van der Waals surface area contributed by atoms with E-state index in [1.54, 1.807) is 6.92 Å². The monoisotopic (exact) mass is 200 g/mol. The molecule has 0 radical (unpaired) electrons. The van der Waals surface area contributed by atoms with Crippen LogP contribution in [-0.2, 0) is 9.59 Å². The van der Waals surface area contributed by atoms with Crippen LogP contribution in [0.2, 0.25) is 0 Å². The van der Waals surface area contributed by atoms with E-state index in [2.05, 4.69) is 10.6 Å². The zero-order chi connectivity index (χ0) is 10.6. The van der Waals surface area contributed by atoms with Crippen molar-refractivity contribution in [3.05, 3.63) is 0 Å². The zero-order valence-corrected chi connectivity index (χ0v) is 8.25. The molecule has 1 amide bonds. The third-order valence-electron chi connectivity index (χ3n) is 2.17. The van der Waals surface area contributed by atoms with Crippen molar-refractivity contribution in [2.45, 2.75) is 38.3 Å². The standard InChI is InChI=1S/C9H16N2O3/c1-2-7(9(13)14)11-8(12)5-10-6-3-4-6/h6-7,10H,2-5H2,1H3,(H,11,12)(H,13,14)/t7-/m0/s1. The van der Waals surface area contributed by atoms with Crippen LogP contribution in [0.4, 0.5) is 0 Å². The quantitative estimate of drug-likeness (QED) is 0.551. The highest BCUT2D eigenvalue weighted by molar-refractivity contribution is 5.84. The van der Waals surface area contributed by atoms with Crippen LogP contribution in [-0.4, -0.2) is 35.6 Å². The summed E-state index contributed by atoms with van der Waals surface area (Å²) in [6.45, 7) is 1.95. The highest BCUT2D eigenvalue weighted by Crippen LogP contribution is 2.17. The van der Waals surface area contributed by atoms with E-state index in [1.165, 1.54) is 0 Å². The maximum Gasteiger partial charge on any atom is 0.326 e. The van der Waals surface area contributed by atoms with Gasteiger partial charge in [0, 0.05) is 6.04 Å². The maximum atomic E-state index is 11.2. The van der Waals surface area contributed by atoms with E-state index >= 15 is 0 Å². The first-order chi connectivity index (χ1) is 6.63. The number of hydrogen-bond donors (Lipinski definition) is 3. The molecule has 0 aromatic heterocycles. The summed E-state index contributed by atoms with van der Waals surface area (Å²) in [7, 11) is 0. The normalized spacial score (nSPS) is 17.5. The molecule has 0 spiro atoms. The lowest BCUT2D eigenvalue weighted by Gasteiger charge is -2.12. The summed E-state index contributed by atoms with van der Waals surface area (Å²) < 4.78 is 0. The van der Waals surface area contributed by atoms with Gasteiger partial charge in [0.15, 0.2) is 0 Å². The third kappa shape index (κ3) is 3.74. The van der Waals surface area contributed by atoms with Gasteiger partial charge < -0.3 is 15.7 Å². The number of carboxylic acid groups (broad SMARTS) is 1. The Balaban J connectivity index is 2.19. The molecule has 0 aromatic rings. The fraction of sp³-hybridized carbons (Fsp3) is 0.778. The fourth-order valence-electron chi connectivity index (χ4n) is 1.11. The van der Waals surface area contributed by atoms with E-state index in [1.807, 2.05) is 0 Å². The van der Waals surface area contributed by atoms with Crippen molar-refractivity contribution in [1.29, 1.82) is 0 Å². The summed E-state index contributed by atoms with van der Waals surface area (Å²) >= 11 is 0. The van der Waals surface area contributed by atoms with Crippen LogP contribution in [0.5, 0.6) is 0 Å². The summed E-state index contributed by atoms with van der Waals surface area (Å²) in [4.78, 5) is 21.8. The first kappa shape index (κ1) is 11.0. The van der Waals surface area contributed by atoms with E-state index in [4.69, 9.17) is 5.11 Å². The fourth-order valence-corrected chi connectivity index (χ4v) is 1.11. The minimum absolute atomic E-state index is 0.217. The van der Waals surface area contributed by atoms with Crippen molar-refractivity contribution >= 4 is 11.9 Å². The Labute approximate surface area is 82.9 Å². The Morgan fingerprint density at radius 2 is 2.14 bits per heavy atom. The second kappa shape index (κ2) is 4.95. The lowest BCUT2D eigenvalue weighted by atomic mass is 10.2. The predicted octanol–water partition coefficient (Wildman–Crippen LogP) is -0.282. The number of carbonyl (C=O) groups is 2. The zero-order valence-electron chi connectivity index (χ0n) is 8.25. The number of hydrogen-bond acceptors (Lipinski definition) is 3. The molecule has 1 aliphatic rings. The Morgan fingerprint density at radius 3 is 2.57 bits per heavy atom. The largest absolute Gasteiger partial charge is 0.480 e. The molecule has 0 aromatic carbocycles. The summed E-state index contributed by atoms with van der Waals surface area (Å²) in [5, 5.41) is 14.1. The van der Waals surface area contributed by atoms with Crippen LogP contribution in [0.15, 0.2) is 0 Å². The first-order valence-electron chi connectivity index (χ1n) is 4.89. The Morgan fingerprint density at radius 1 is 1.50 bits per heavy atom. The average Bonchev–Trinajstić information content (AvgIpc) is 2.93. The first-order valence-corrected chi connectivity index (χ1v) is 4.89. The molecule has 0 aliphatic heterocycles. The second-order valence-electron chi connectivity index (χ2n) is 3.52. The second-order valence-corrected chi connectivity index (χ2v) is 3.52. The molecule has 1 rings (SSSR count). The van der Waals surface area contributed by atoms with E-state index in [-0.39, 0.29) is 12.5 Å². The van der Waals surface area contributed by atoms with E-state index in [0.29, 0.717) is 12.5 Å². The van der Waals surface area contributed by atoms with Gasteiger partial charge in [-0.25, -0.2) is 4.79 Å². The molecule has 1 fully saturated rings. The van der Waals surface area contributed by atoms with Gasteiger partial charge in [-0.15, -0.1) is 0 Å². The molecular weight excluding hydrogens is 184 g/mol. The lowest BCUT2D eigenvalue weighted by molar-refractivity contribution is -0.141. The molecule has 0 unspecified atom stereocenters. The van der Waals surface area contributed by atoms with Gasteiger partial charge in [-0.2, -0.15) is 0 Å². The van der Waals surface area contributed by atoms with Crippen LogP contribution >= 0.6 is 0 Å². The van der Waals surface area contributed by atoms with Crippen molar-refractivity contribution < 1.29 is 14.7 Å². The molecule has 1 atom stereocenters. The molecule has 0 saturated heterocycles. The number of amides is 1. The Kier molecular flexibility index (Phi) is 3.88. The Bertz CT molecular complexity index is 226. The molecule has 0 bridgehead atoms. The average molecular weight is 200 g/mol. The van der Waals surface area contributed by atoms with Crippen LogP contribution < -0.4 is 10.6 Å². The molecule has 80 valence electrons. The molecule has 0 heterocycles. The van der Waals surface area contributed by atoms with Gasteiger partial charge in [0.1, 0.15) is 6.04 Å². The summed E-state index contributed by atoms with van der Waals surface area (Å²) in [5.41, 5.74) is 0. The molecule has 5 heteroatoms. The Hall–Kier alpha value is -1.10. The highest BCUT2D eigenvalue weighted by atomic mass is 16.4. The minimum Gasteiger partial charge on any atom is -0.480 e. The van der Waals surface area contributed by atoms with Crippen LogP contribution in [0.3, 0.4) is 0 Å². The molecule has 14 heavy (non-hydrogen) atoms. The summed E-state index contributed by atoms with van der Waals surface area (Å²) in [5.74, 6) is -1.22. The van der Waals surface area contributed by atoms with Gasteiger partial charge in [-0.05, 0) is 19.3 Å². The van der Waals surface area contributed by atoms with Crippen molar-refractivity contribution in [3.63, 3.8) is 0 Å². The van der Waals surface area contributed by atoms with Gasteiger partial charge in [-0.3, -0.25) is 4.79 Å². The number of rotatable bonds is 6. The number of carbonyl (C=O) groups excluding carboxylic acids is 1. The van der Waals surface area contributed by atoms with Gasteiger partial charge in [0.25, 0.3) is 0 Å².